The number of nitrogens with zero attached hydrogens (tertiary/aromatic N) is 3. The van der Waals surface area contributed by atoms with Gasteiger partial charge in [-0.3, -0.25) is 9.59 Å². The van der Waals surface area contributed by atoms with Gasteiger partial charge >= 0.3 is 0 Å². The zero-order valence-corrected chi connectivity index (χ0v) is 21.0. The van der Waals surface area contributed by atoms with E-state index in [1.54, 1.807) is 12.1 Å². The molecule has 0 atom stereocenters. The summed E-state index contributed by atoms with van der Waals surface area (Å²) in [7, 11) is 1.53. The first-order valence-electron chi connectivity index (χ1n) is 11.6. The topological polar surface area (TPSA) is 54.8 Å². The number of hydrogen-bond acceptors (Lipinski definition) is 3. The van der Waals surface area contributed by atoms with Crippen LogP contribution in [0.3, 0.4) is 0 Å². The van der Waals surface area contributed by atoms with E-state index in [9.17, 15) is 14.0 Å². The van der Waals surface area contributed by atoms with E-state index >= 15 is 0 Å². The number of amides is 2. The molecule has 0 saturated heterocycles. The summed E-state index contributed by atoms with van der Waals surface area (Å²) in [5.74, 6) is -0.911. The number of methoxy groups -OCH3 is 1. The van der Waals surface area contributed by atoms with E-state index < -0.39 is 10.7 Å². The Bertz CT molecular complexity index is 930. The van der Waals surface area contributed by atoms with E-state index in [1.165, 1.54) is 24.1 Å². The van der Waals surface area contributed by atoms with E-state index in [2.05, 4.69) is 4.57 Å². The molecule has 1 heterocycles. The number of alkyl halides is 2. The maximum absolute atomic E-state index is 13.5. The number of ether oxygens (including phenoxy) is 1. The van der Waals surface area contributed by atoms with Crippen LogP contribution in [0.15, 0.2) is 42.6 Å². The summed E-state index contributed by atoms with van der Waals surface area (Å²) in [5.41, 5.74) is 1.95. The highest BCUT2D eigenvalue weighted by Crippen LogP contribution is 2.25. The highest BCUT2D eigenvalue weighted by atomic mass is 35.5. The molecule has 2 amide bonds. The lowest BCUT2D eigenvalue weighted by Gasteiger charge is -2.36. The summed E-state index contributed by atoms with van der Waals surface area (Å²) in [4.78, 5) is 28.0. The Hall–Kier alpha value is -2.09. The van der Waals surface area contributed by atoms with Crippen LogP contribution < -0.4 is 0 Å². The molecule has 0 unspecified atom stereocenters. The van der Waals surface area contributed by atoms with Crippen molar-refractivity contribution < 1.29 is 18.7 Å². The summed E-state index contributed by atoms with van der Waals surface area (Å²) in [5, 5.41) is 0. The molecule has 0 spiro atoms. The molecule has 0 aliphatic heterocycles. The standard InChI is InChI=1S/C25H32Cl2FN3O3/c1-34-15-14-30(25(33)24(26)27)18-23(32)31(21-6-3-2-4-7-21)17-22-8-5-13-29(22)16-19-9-11-20(28)12-10-19/h5,8-13,21,24H,2-4,6-7,14-18H2,1H3. The van der Waals surface area contributed by atoms with E-state index in [0.29, 0.717) is 13.1 Å². The van der Waals surface area contributed by atoms with Crippen molar-refractivity contribution in [3.8, 4) is 0 Å². The molecule has 3 rings (SSSR count). The van der Waals surface area contributed by atoms with Crippen LogP contribution in [0.5, 0.6) is 0 Å². The first-order valence-corrected chi connectivity index (χ1v) is 12.5. The lowest BCUT2D eigenvalue weighted by Crippen LogP contribution is -2.49. The van der Waals surface area contributed by atoms with E-state index in [1.807, 2.05) is 23.2 Å². The molecule has 34 heavy (non-hydrogen) atoms. The second kappa shape index (κ2) is 13.1. The van der Waals surface area contributed by atoms with Gasteiger partial charge in [-0.15, -0.1) is 0 Å². The second-order valence-corrected chi connectivity index (χ2v) is 9.72. The number of rotatable bonds is 11. The molecule has 0 radical (unpaired) electrons. The molecule has 1 aromatic carbocycles. The predicted octanol–water partition coefficient (Wildman–Crippen LogP) is 4.62. The minimum absolute atomic E-state index is 0.104. The number of aromatic nitrogens is 1. The maximum atomic E-state index is 13.5. The van der Waals surface area contributed by atoms with Crippen LogP contribution in [0.2, 0.25) is 0 Å². The van der Waals surface area contributed by atoms with Crippen molar-refractivity contribution in [2.75, 3.05) is 26.8 Å². The summed E-state index contributed by atoms with van der Waals surface area (Å²) in [6, 6.07) is 10.5. The quantitative estimate of drug-likeness (QED) is 0.413. The number of carbonyl (C=O) groups excluding carboxylic acids is 2. The van der Waals surface area contributed by atoms with Crippen molar-refractivity contribution in [1.29, 1.82) is 0 Å². The van der Waals surface area contributed by atoms with Crippen LogP contribution in [0, 0.1) is 5.82 Å². The number of halogens is 3. The minimum atomic E-state index is -1.24. The highest BCUT2D eigenvalue weighted by Gasteiger charge is 2.30. The molecule has 0 N–H and O–H groups in total. The fourth-order valence-corrected chi connectivity index (χ4v) is 4.66. The van der Waals surface area contributed by atoms with Crippen LogP contribution in [0.1, 0.15) is 43.4 Å². The molecule has 186 valence electrons. The molecule has 1 saturated carbocycles. The van der Waals surface area contributed by atoms with Crippen molar-refractivity contribution in [3.05, 3.63) is 59.7 Å². The zero-order valence-electron chi connectivity index (χ0n) is 19.5. The zero-order chi connectivity index (χ0) is 24.5. The van der Waals surface area contributed by atoms with Gasteiger partial charge in [0.05, 0.1) is 19.7 Å². The fraction of sp³-hybridized carbons (Fsp3) is 0.520. The van der Waals surface area contributed by atoms with Gasteiger partial charge in [0.15, 0.2) is 4.84 Å². The molecule has 1 aliphatic rings. The molecule has 0 bridgehead atoms. The van der Waals surface area contributed by atoms with Crippen molar-refractivity contribution in [2.24, 2.45) is 0 Å². The Kier molecular flexibility index (Phi) is 10.2. The Labute approximate surface area is 210 Å². The first-order chi connectivity index (χ1) is 16.4. The van der Waals surface area contributed by atoms with Gasteiger partial charge in [-0.25, -0.2) is 4.39 Å². The van der Waals surface area contributed by atoms with Crippen molar-refractivity contribution in [1.82, 2.24) is 14.4 Å². The van der Waals surface area contributed by atoms with Crippen LogP contribution >= 0.6 is 23.2 Å². The average Bonchev–Trinajstić information content (AvgIpc) is 3.28. The molecule has 1 aromatic heterocycles. The van der Waals surface area contributed by atoms with Crippen LogP contribution in [-0.2, 0) is 27.4 Å². The van der Waals surface area contributed by atoms with Gasteiger partial charge in [0.1, 0.15) is 5.82 Å². The van der Waals surface area contributed by atoms with Crippen LogP contribution in [-0.4, -0.2) is 63.9 Å². The second-order valence-electron chi connectivity index (χ2n) is 8.62. The molecule has 9 heteroatoms. The number of benzene rings is 1. The summed E-state index contributed by atoms with van der Waals surface area (Å²) in [6.45, 7) is 1.41. The Balaban J connectivity index is 1.78. The third-order valence-corrected chi connectivity index (χ3v) is 6.62. The average molecular weight is 512 g/mol. The van der Waals surface area contributed by atoms with Gasteiger partial charge in [0, 0.05) is 38.1 Å². The van der Waals surface area contributed by atoms with Gasteiger partial charge in [-0.1, -0.05) is 54.6 Å². The van der Waals surface area contributed by atoms with Crippen molar-refractivity contribution in [3.63, 3.8) is 0 Å². The van der Waals surface area contributed by atoms with Gasteiger partial charge in [0.2, 0.25) is 5.91 Å². The molecular weight excluding hydrogens is 480 g/mol. The van der Waals surface area contributed by atoms with E-state index in [0.717, 1.165) is 43.4 Å². The Morgan fingerprint density at radius 1 is 1.15 bits per heavy atom. The number of carbonyl (C=O) groups is 2. The monoisotopic (exact) mass is 511 g/mol. The van der Waals surface area contributed by atoms with Gasteiger partial charge in [0.25, 0.3) is 5.91 Å². The Morgan fingerprint density at radius 2 is 1.85 bits per heavy atom. The third kappa shape index (κ3) is 7.45. The largest absolute Gasteiger partial charge is 0.383 e. The van der Waals surface area contributed by atoms with Gasteiger partial charge in [-0.05, 0) is 42.7 Å². The summed E-state index contributed by atoms with van der Waals surface area (Å²) in [6.07, 6.45) is 7.14. The van der Waals surface area contributed by atoms with E-state index in [-0.39, 0.29) is 37.5 Å². The lowest BCUT2D eigenvalue weighted by atomic mass is 9.94. The first kappa shape index (κ1) is 26.5. The normalized spacial score (nSPS) is 14.4. The highest BCUT2D eigenvalue weighted by molar-refractivity contribution is 6.53. The van der Waals surface area contributed by atoms with Gasteiger partial charge in [-0.2, -0.15) is 0 Å². The van der Waals surface area contributed by atoms with Crippen LogP contribution in [0.4, 0.5) is 4.39 Å². The molecule has 1 aliphatic carbocycles. The lowest BCUT2D eigenvalue weighted by molar-refractivity contribution is -0.142. The minimum Gasteiger partial charge on any atom is -0.383 e. The Morgan fingerprint density at radius 3 is 2.50 bits per heavy atom. The SMILES string of the molecule is COCCN(CC(=O)N(Cc1cccn1Cc1ccc(F)cc1)C1CCCCC1)C(=O)C(Cl)Cl. The maximum Gasteiger partial charge on any atom is 0.256 e. The molecule has 1 fully saturated rings. The molecular formula is C25H32Cl2FN3O3. The van der Waals surface area contributed by atoms with E-state index in [4.69, 9.17) is 27.9 Å². The predicted molar refractivity (Wildman–Crippen MR) is 131 cm³/mol. The summed E-state index contributed by atoms with van der Waals surface area (Å²) >= 11 is 11.6. The smallest absolute Gasteiger partial charge is 0.256 e. The molecule has 2 aromatic rings. The van der Waals surface area contributed by atoms with Gasteiger partial charge < -0.3 is 19.1 Å². The summed E-state index contributed by atoms with van der Waals surface area (Å²) < 4.78 is 20.5. The number of hydrogen-bond donors (Lipinski definition) is 0. The third-order valence-electron chi connectivity index (χ3n) is 6.25. The van der Waals surface area contributed by atoms with Crippen molar-refractivity contribution in [2.45, 2.75) is 56.1 Å². The fourth-order valence-electron chi connectivity index (χ4n) is 4.38. The van der Waals surface area contributed by atoms with Crippen LogP contribution in [0.25, 0.3) is 0 Å². The van der Waals surface area contributed by atoms with Crippen molar-refractivity contribution >= 4 is 35.0 Å². The molecule has 6 nitrogen and oxygen atoms in total.